The van der Waals surface area contributed by atoms with E-state index in [-0.39, 0.29) is 5.69 Å². The summed E-state index contributed by atoms with van der Waals surface area (Å²) in [5.41, 5.74) is 2.36. The van der Waals surface area contributed by atoms with E-state index in [1.165, 1.54) is 19.2 Å². The minimum Gasteiger partial charge on any atom is -0.758 e. The second-order valence-corrected chi connectivity index (χ2v) is 6.43. The third-order valence-electron chi connectivity index (χ3n) is 4.06. The van der Waals surface area contributed by atoms with E-state index in [4.69, 9.17) is 0 Å². The fourth-order valence-corrected chi connectivity index (χ4v) is 2.68. The van der Waals surface area contributed by atoms with Crippen LogP contribution in [0.25, 0.3) is 0 Å². The summed E-state index contributed by atoms with van der Waals surface area (Å²) < 4.78 is 0. The summed E-state index contributed by atoms with van der Waals surface area (Å²) in [6.45, 7) is 0. The summed E-state index contributed by atoms with van der Waals surface area (Å²) in [7, 11) is 1.36. The first-order valence-electron chi connectivity index (χ1n) is 9.13. The van der Waals surface area contributed by atoms with E-state index in [0.29, 0.717) is 33.5 Å². The predicted octanol–water partition coefficient (Wildman–Crippen LogP) is 5.31. The van der Waals surface area contributed by atoms with Crippen LogP contribution < -0.4 is 26.3 Å². The lowest BCUT2D eigenvalue weighted by Gasteiger charge is -2.25. The van der Waals surface area contributed by atoms with Gasteiger partial charge in [0, 0.05) is 28.4 Å². The van der Waals surface area contributed by atoms with Crippen molar-refractivity contribution >= 4 is 46.2 Å². The molecule has 0 aliphatic carbocycles. The molecule has 0 saturated carbocycles. The van der Waals surface area contributed by atoms with Crippen LogP contribution in [-0.2, 0) is 0 Å². The predicted molar refractivity (Wildman–Crippen MR) is 122 cm³/mol. The van der Waals surface area contributed by atoms with Crippen molar-refractivity contribution in [1.29, 1.82) is 0 Å². The van der Waals surface area contributed by atoms with Gasteiger partial charge in [-0.25, -0.2) is 9.59 Å². The van der Waals surface area contributed by atoms with Crippen LogP contribution in [0.2, 0.25) is 0 Å². The van der Waals surface area contributed by atoms with Crippen molar-refractivity contribution in [3.05, 3.63) is 82.9 Å². The smallest absolute Gasteiger partial charge is 0.323 e. The minimum atomic E-state index is -0.525. The van der Waals surface area contributed by atoms with E-state index in [1.54, 1.807) is 60.7 Å². The Bertz CT molecular complexity index is 1100. The molecule has 10 heteroatoms. The standard InChI is InChI=1S/C21H19N6O4/c1-27(31)19-10-4-8-17(13-19)25-21(29)23-15-6-2-5-14(11-15)22-20(28)24-16-7-3-9-18(12-16)26-30/h2-13H,1H3,(H2,22,24,28)(H2,23,25,29)/q-1. The van der Waals surface area contributed by atoms with Crippen molar-refractivity contribution in [1.82, 2.24) is 0 Å². The summed E-state index contributed by atoms with van der Waals surface area (Å²) in [5, 5.41) is 25.4. The van der Waals surface area contributed by atoms with Crippen molar-refractivity contribution in [2.45, 2.75) is 0 Å². The van der Waals surface area contributed by atoms with E-state index >= 15 is 0 Å². The number of anilines is 5. The molecule has 4 N–H and O–H groups in total. The monoisotopic (exact) mass is 419 g/mol. The number of hydrogen-bond donors (Lipinski definition) is 4. The van der Waals surface area contributed by atoms with Gasteiger partial charge < -0.3 is 31.5 Å². The normalized spacial score (nSPS) is 10.0. The highest BCUT2D eigenvalue weighted by Crippen LogP contribution is 2.20. The van der Waals surface area contributed by atoms with Crippen LogP contribution in [0, 0.1) is 10.1 Å². The maximum Gasteiger partial charge on any atom is 0.323 e. The molecule has 0 heterocycles. The molecule has 0 bridgehead atoms. The lowest BCUT2D eigenvalue weighted by Crippen LogP contribution is -2.21. The highest BCUT2D eigenvalue weighted by atomic mass is 16.5. The van der Waals surface area contributed by atoms with Crippen LogP contribution in [0.1, 0.15) is 0 Å². The van der Waals surface area contributed by atoms with Crippen molar-refractivity contribution < 1.29 is 9.59 Å². The second-order valence-electron chi connectivity index (χ2n) is 6.43. The SMILES string of the molecule is CN([O-])c1cccc(NC(=O)Nc2cccc(NC(=O)Nc3cccc(N=O)c3)c2)c1. The Morgan fingerprint density at radius 2 is 1.19 bits per heavy atom. The molecule has 0 unspecified atom stereocenters. The maximum atomic E-state index is 12.3. The molecular formula is C21H19N6O4-. The zero-order valence-electron chi connectivity index (χ0n) is 16.5. The van der Waals surface area contributed by atoms with Crippen molar-refractivity contribution in [2.24, 2.45) is 5.18 Å². The number of carbonyl (C=O) groups excluding carboxylic acids is 2. The number of nitroso groups, excluding NO2 is 1. The minimum absolute atomic E-state index is 0.197. The average molecular weight is 419 g/mol. The van der Waals surface area contributed by atoms with Crippen LogP contribution in [-0.4, -0.2) is 19.1 Å². The summed E-state index contributed by atoms with van der Waals surface area (Å²) in [4.78, 5) is 35.0. The molecule has 0 spiro atoms. The number of nitrogens with zero attached hydrogens (tertiary/aromatic N) is 2. The van der Waals surface area contributed by atoms with Crippen LogP contribution in [0.5, 0.6) is 0 Å². The lowest BCUT2D eigenvalue weighted by molar-refractivity contribution is 0.261. The zero-order valence-corrected chi connectivity index (χ0v) is 16.5. The molecule has 31 heavy (non-hydrogen) atoms. The third-order valence-corrected chi connectivity index (χ3v) is 4.06. The third kappa shape index (κ3) is 6.27. The fraction of sp³-hybridized carbons (Fsp3) is 0.0476. The van der Waals surface area contributed by atoms with Gasteiger partial charge >= 0.3 is 12.1 Å². The Labute approximate surface area is 177 Å². The molecule has 3 rings (SSSR count). The topological polar surface area (TPSA) is 138 Å². The Balaban J connectivity index is 1.59. The van der Waals surface area contributed by atoms with Crippen LogP contribution in [0.15, 0.2) is 78.0 Å². The first-order valence-corrected chi connectivity index (χ1v) is 9.13. The molecule has 4 amide bonds. The van der Waals surface area contributed by atoms with Gasteiger partial charge in [0.05, 0.1) is 0 Å². The largest absolute Gasteiger partial charge is 0.758 e. The fourth-order valence-electron chi connectivity index (χ4n) is 2.68. The molecule has 0 fully saturated rings. The van der Waals surface area contributed by atoms with Crippen LogP contribution in [0.3, 0.4) is 0 Å². The average Bonchev–Trinajstić information content (AvgIpc) is 2.74. The van der Waals surface area contributed by atoms with Crippen LogP contribution in [0.4, 0.5) is 43.7 Å². The molecule has 0 saturated heterocycles. The van der Waals surface area contributed by atoms with Gasteiger partial charge in [0.2, 0.25) is 0 Å². The molecule has 3 aromatic carbocycles. The number of nitrogens with one attached hydrogen (secondary N) is 4. The quantitative estimate of drug-likeness (QED) is 0.317. The zero-order chi connectivity index (χ0) is 22.2. The molecule has 158 valence electrons. The highest BCUT2D eigenvalue weighted by molar-refractivity contribution is 6.02. The molecule has 0 radical (unpaired) electrons. The first-order chi connectivity index (χ1) is 14.9. The number of amides is 4. The number of hydroxylamine groups is 1. The Hall–Kier alpha value is -4.44. The maximum absolute atomic E-state index is 12.3. The van der Waals surface area contributed by atoms with E-state index in [0.717, 1.165) is 0 Å². The van der Waals surface area contributed by atoms with Gasteiger partial charge in [-0.2, -0.15) is 0 Å². The van der Waals surface area contributed by atoms with E-state index in [2.05, 4.69) is 26.4 Å². The van der Waals surface area contributed by atoms with Gasteiger partial charge in [-0.15, -0.1) is 4.91 Å². The molecule has 0 atom stereocenters. The van der Waals surface area contributed by atoms with Gasteiger partial charge in [0.25, 0.3) is 0 Å². The Morgan fingerprint density at radius 1 is 0.742 bits per heavy atom. The highest BCUT2D eigenvalue weighted by Gasteiger charge is 2.07. The summed E-state index contributed by atoms with van der Waals surface area (Å²) >= 11 is 0. The summed E-state index contributed by atoms with van der Waals surface area (Å²) in [6, 6.07) is 18.2. The first kappa shape index (κ1) is 21.3. The number of hydrogen-bond acceptors (Lipinski definition) is 6. The molecule has 3 aromatic rings. The lowest BCUT2D eigenvalue weighted by atomic mass is 10.2. The number of rotatable bonds is 6. The van der Waals surface area contributed by atoms with Crippen LogP contribution >= 0.6 is 0 Å². The molecule has 10 nitrogen and oxygen atoms in total. The Morgan fingerprint density at radius 3 is 1.71 bits per heavy atom. The van der Waals surface area contributed by atoms with Crippen molar-refractivity contribution in [3.8, 4) is 0 Å². The number of benzene rings is 3. The van der Waals surface area contributed by atoms with Gasteiger partial charge in [0.15, 0.2) is 0 Å². The van der Waals surface area contributed by atoms with Gasteiger partial charge in [-0.05, 0) is 66.8 Å². The molecule has 0 aliphatic heterocycles. The van der Waals surface area contributed by atoms with Gasteiger partial charge in [0.1, 0.15) is 5.69 Å². The van der Waals surface area contributed by atoms with E-state index in [9.17, 15) is 19.7 Å². The molecule has 0 aromatic heterocycles. The van der Waals surface area contributed by atoms with Crippen molar-refractivity contribution in [2.75, 3.05) is 33.4 Å². The van der Waals surface area contributed by atoms with E-state index in [1.807, 2.05) is 0 Å². The Kier molecular flexibility index (Phi) is 6.76. The molecular weight excluding hydrogens is 400 g/mol. The molecule has 0 aliphatic rings. The summed E-state index contributed by atoms with van der Waals surface area (Å²) in [5.74, 6) is 0. The van der Waals surface area contributed by atoms with Gasteiger partial charge in [-0.1, -0.05) is 18.2 Å². The van der Waals surface area contributed by atoms with Crippen molar-refractivity contribution in [3.63, 3.8) is 0 Å². The summed E-state index contributed by atoms with van der Waals surface area (Å²) in [6.07, 6.45) is 0. The number of carbonyl (C=O) groups is 2. The number of urea groups is 2. The van der Waals surface area contributed by atoms with E-state index < -0.39 is 12.1 Å². The second kappa shape index (κ2) is 9.85. The van der Waals surface area contributed by atoms with Gasteiger partial charge in [-0.3, -0.25) is 0 Å².